The molecule has 25 heavy (non-hydrogen) atoms. The normalized spacial score (nSPS) is 24.8. The Bertz CT molecular complexity index is 875. The number of benzene rings is 1. The molecule has 2 unspecified atom stereocenters. The molecule has 0 aliphatic carbocycles. The van der Waals surface area contributed by atoms with E-state index < -0.39 is 67.3 Å². The molecule has 2 atom stereocenters. The number of carbonyl (C=O) groups is 1. The van der Waals surface area contributed by atoms with E-state index in [1.807, 2.05) is 0 Å². The molecule has 0 spiro atoms. The van der Waals surface area contributed by atoms with E-state index >= 15 is 0 Å². The summed E-state index contributed by atoms with van der Waals surface area (Å²) in [6.45, 7) is -0.141. The van der Waals surface area contributed by atoms with Crippen LogP contribution in [0.4, 0.5) is 18.9 Å². The zero-order valence-corrected chi connectivity index (χ0v) is 13.3. The van der Waals surface area contributed by atoms with Gasteiger partial charge in [0.05, 0.1) is 40.7 Å². The van der Waals surface area contributed by atoms with Crippen LogP contribution < -0.4 is 0 Å². The van der Waals surface area contributed by atoms with Crippen LogP contribution in [-0.2, 0) is 14.6 Å². The van der Waals surface area contributed by atoms with E-state index in [4.69, 9.17) is 4.74 Å². The van der Waals surface area contributed by atoms with Gasteiger partial charge < -0.3 is 9.64 Å². The molecule has 136 valence electrons. The van der Waals surface area contributed by atoms with Crippen molar-refractivity contribution in [3.8, 4) is 0 Å². The maximum Gasteiger partial charge on any atom is 0.308 e. The first kappa shape index (κ1) is 17.6. The van der Waals surface area contributed by atoms with Crippen molar-refractivity contribution in [2.75, 3.05) is 24.7 Å². The molecule has 2 fully saturated rings. The largest absolute Gasteiger partial charge is 0.373 e. The Morgan fingerprint density at radius 1 is 1.24 bits per heavy atom. The summed E-state index contributed by atoms with van der Waals surface area (Å²) < 4.78 is 69.7. The van der Waals surface area contributed by atoms with Crippen LogP contribution in [0.1, 0.15) is 10.4 Å². The number of nitrogens with zero attached hydrogens (tertiary/aromatic N) is 2. The highest BCUT2D eigenvalue weighted by Gasteiger charge is 2.46. The predicted molar refractivity (Wildman–Crippen MR) is 76.2 cm³/mol. The number of rotatable bonds is 2. The summed E-state index contributed by atoms with van der Waals surface area (Å²) in [4.78, 5) is 23.0. The summed E-state index contributed by atoms with van der Waals surface area (Å²) in [6, 6.07) is -0.609. The molecular weight excluding hydrogens is 369 g/mol. The maximum atomic E-state index is 14.0. The van der Waals surface area contributed by atoms with Gasteiger partial charge in [0.2, 0.25) is 11.6 Å². The van der Waals surface area contributed by atoms with E-state index in [2.05, 4.69) is 0 Å². The molecule has 3 rings (SSSR count). The molecule has 2 heterocycles. The number of nitro benzene ring substituents is 1. The molecule has 1 aromatic carbocycles. The van der Waals surface area contributed by atoms with Crippen molar-refractivity contribution in [3.63, 3.8) is 0 Å². The van der Waals surface area contributed by atoms with Crippen LogP contribution in [0.3, 0.4) is 0 Å². The van der Waals surface area contributed by atoms with Gasteiger partial charge in [-0.05, 0) is 0 Å². The third-order valence-electron chi connectivity index (χ3n) is 4.15. The van der Waals surface area contributed by atoms with Crippen molar-refractivity contribution >= 4 is 21.4 Å². The lowest BCUT2D eigenvalue weighted by Crippen LogP contribution is -2.53. The van der Waals surface area contributed by atoms with Crippen molar-refractivity contribution < 1.29 is 36.0 Å². The standard InChI is InChI=1S/C13H11F3N2O6S/c14-10-6(3-7(18(20)21)11(15)12(10)16)13(19)17-1-2-24-9-5-25(22,23)4-8(9)17/h3,8-9H,1-2,4-5H2. The zero-order chi connectivity index (χ0) is 18.5. The number of ether oxygens (including phenoxy) is 1. The Balaban J connectivity index is 2.02. The summed E-state index contributed by atoms with van der Waals surface area (Å²) in [6.07, 6.45) is -0.814. The first-order valence-corrected chi connectivity index (χ1v) is 8.89. The molecule has 0 aromatic heterocycles. The van der Waals surface area contributed by atoms with E-state index in [-0.39, 0.29) is 18.9 Å². The van der Waals surface area contributed by atoms with Gasteiger partial charge in [-0.15, -0.1) is 0 Å². The second kappa shape index (κ2) is 5.95. The quantitative estimate of drug-likeness (QED) is 0.424. The molecular formula is C13H11F3N2O6S. The van der Waals surface area contributed by atoms with Crippen LogP contribution in [0.25, 0.3) is 0 Å². The average Bonchev–Trinajstić information content (AvgIpc) is 2.85. The van der Waals surface area contributed by atoms with E-state index in [9.17, 15) is 36.5 Å². The van der Waals surface area contributed by atoms with Crippen molar-refractivity contribution in [3.05, 3.63) is 39.2 Å². The Hall–Kier alpha value is -2.21. The average molecular weight is 380 g/mol. The number of sulfone groups is 1. The fraction of sp³-hybridized carbons (Fsp3) is 0.462. The minimum Gasteiger partial charge on any atom is -0.373 e. The summed E-state index contributed by atoms with van der Waals surface area (Å²) in [5, 5.41) is 10.8. The van der Waals surface area contributed by atoms with Gasteiger partial charge in [-0.3, -0.25) is 14.9 Å². The Labute approximate surface area is 139 Å². The van der Waals surface area contributed by atoms with Crippen molar-refractivity contribution in [1.82, 2.24) is 4.90 Å². The molecule has 2 aliphatic heterocycles. The lowest BCUT2D eigenvalue weighted by atomic mass is 10.1. The highest BCUT2D eigenvalue weighted by atomic mass is 32.2. The SMILES string of the molecule is O=C(c1cc([N+](=O)[O-])c(F)c(F)c1F)N1CCOC2CS(=O)(=O)CC21. The van der Waals surface area contributed by atoms with Gasteiger partial charge in [0, 0.05) is 12.6 Å². The Morgan fingerprint density at radius 3 is 2.56 bits per heavy atom. The number of fused-ring (bicyclic) bond motifs is 1. The predicted octanol–water partition coefficient (Wildman–Crippen LogP) is 0.650. The second-order valence-corrected chi connectivity index (χ2v) is 7.85. The fourth-order valence-electron chi connectivity index (χ4n) is 3.00. The third kappa shape index (κ3) is 2.95. The fourth-order valence-corrected chi connectivity index (χ4v) is 4.87. The zero-order valence-electron chi connectivity index (χ0n) is 12.4. The van der Waals surface area contributed by atoms with Crippen LogP contribution in [-0.4, -0.2) is 61.0 Å². The number of nitro groups is 1. The van der Waals surface area contributed by atoms with Crippen molar-refractivity contribution in [1.29, 1.82) is 0 Å². The molecule has 0 saturated carbocycles. The van der Waals surface area contributed by atoms with Crippen molar-refractivity contribution in [2.45, 2.75) is 12.1 Å². The van der Waals surface area contributed by atoms with Crippen LogP contribution in [0.15, 0.2) is 6.07 Å². The van der Waals surface area contributed by atoms with Crippen LogP contribution >= 0.6 is 0 Å². The molecule has 2 aliphatic rings. The number of hydrogen-bond acceptors (Lipinski definition) is 6. The Kier molecular flexibility index (Phi) is 4.19. The van der Waals surface area contributed by atoms with Gasteiger partial charge >= 0.3 is 5.69 Å². The maximum absolute atomic E-state index is 14.0. The minimum atomic E-state index is -3.48. The lowest BCUT2D eigenvalue weighted by molar-refractivity contribution is -0.387. The van der Waals surface area contributed by atoms with Crippen LogP contribution in [0.2, 0.25) is 0 Å². The monoisotopic (exact) mass is 380 g/mol. The second-order valence-electron chi connectivity index (χ2n) is 5.69. The lowest BCUT2D eigenvalue weighted by Gasteiger charge is -2.36. The van der Waals surface area contributed by atoms with Gasteiger partial charge in [0.25, 0.3) is 5.91 Å². The number of amides is 1. The molecule has 1 aromatic rings. The van der Waals surface area contributed by atoms with Gasteiger partial charge in [-0.1, -0.05) is 0 Å². The first-order valence-electron chi connectivity index (χ1n) is 7.07. The molecule has 8 nitrogen and oxygen atoms in total. The van der Waals surface area contributed by atoms with Crippen molar-refractivity contribution in [2.24, 2.45) is 0 Å². The summed E-state index contributed by atoms with van der Waals surface area (Å²) in [5.74, 6) is -7.91. The number of halogens is 3. The number of morpholine rings is 1. The summed E-state index contributed by atoms with van der Waals surface area (Å²) >= 11 is 0. The number of hydrogen-bond donors (Lipinski definition) is 0. The summed E-state index contributed by atoms with van der Waals surface area (Å²) in [7, 11) is -3.48. The smallest absolute Gasteiger partial charge is 0.308 e. The van der Waals surface area contributed by atoms with Gasteiger partial charge in [0.1, 0.15) is 0 Å². The topological polar surface area (TPSA) is 107 Å². The van der Waals surface area contributed by atoms with Gasteiger partial charge in [-0.25, -0.2) is 17.2 Å². The Morgan fingerprint density at radius 2 is 1.92 bits per heavy atom. The molecule has 0 N–H and O–H groups in total. The van der Waals surface area contributed by atoms with Gasteiger partial charge in [0.15, 0.2) is 15.7 Å². The molecule has 0 bridgehead atoms. The molecule has 12 heteroatoms. The highest BCUT2D eigenvalue weighted by molar-refractivity contribution is 7.91. The van der Waals surface area contributed by atoms with E-state index in [1.165, 1.54) is 0 Å². The van der Waals surface area contributed by atoms with E-state index in [0.29, 0.717) is 6.07 Å². The van der Waals surface area contributed by atoms with E-state index in [0.717, 1.165) is 4.90 Å². The number of carbonyl (C=O) groups excluding carboxylic acids is 1. The van der Waals surface area contributed by atoms with Crippen LogP contribution in [0.5, 0.6) is 0 Å². The molecule has 0 radical (unpaired) electrons. The van der Waals surface area contributed by atoms with Crippen LogP contribution in [0, 0.1) is 27.6 Å². The molecule has 2 saturated heterocycles. The highest BCUT2D eigenvalue weighted by Crippen LogP contribution is 2.30. The summed E-state index contributed by atoms with van der Waals surface area (Å²) in [5.41, 5.74) is -2.42. The van der Waals surface area contributed by atoms with Gasteiger partial charge in [-0.2, -0.15) is 4.39 Å². The molecule has 1 amide bonds. The third-order valence-corrected chi connectivity index (χ3v) is 5.84. The minimum absolute atomic E-state index is 0.0319. The first-order chi connectivity index (χ1) is 11.6. The van der Waals surface area contributed by atoms with E-state index in [1.54, 1.807) is 0 Å².